The highest BCUT2D eigenvalue weighted by atomic mass is 16.7. The van der Waals surface area contributed by atoms with Crippen molar-refractivity contribution in [1.29, 1.82) is 0 Å². The van der Waals surface area contributed by atoms with E-state index in [9.17, 15) is 4.79 Å². The van der Waals surface area contributed by atoms with Crippen molar-refractivity contribution >= 4 is 16.8 Å². The number of ketones is 1. The van der Waals surface area contributed by atoms with Gasteiger partial charge in [-0.15, -0.1) is 0 Å². The highest BCUT2D eigenvalue weighted by Crippen LogP contribution is 2.27. The van der Waals surface area contributed by atoms with Crippen LogP contribution in [0.5, 0.6) is 5.75 Å². The van der Waals surface area contributed by atoms with Gasteiger partial charge in [0.05, 0.1) is 11.8 Å². The molecule has 0 N–H and O–H groups in total. The molecule has 1 heterocycles. The van der Waals surface area contributed by atoms with Crippen molar-refractivity contribution in [3.05, 3.63) is 30.0 Å². The van der Waals surface area contributed by atoms with Crippen molar-refractivity contribution in [2.75, 3.05) is 13.9 Å². The van der Waals surface area contributed by atoms with E-state index in [0.717, 1.165) is 5.39 Å². The van der Waals surface area contributed by atoms with Crippen LogP contribution in [0.15, 0.2) is 28.9 Å². The summed E-state index contributed by atoms with van der Waals surface area (Å²) >= 11 is 0. The normalized spacial score (nSPS) is 10.6. The average molecular weight is 220 g/mol. The van der Waals surface area contributed by atoms with Gasteiger partial charge in [0.15, 0.2) is 12.6 Å². The van der Waals surface area contributed by atoms with Crippen LogP contribution in [0, 0.1) is 0 Å². The van der Waals surface area contributed by atoms with Gasteiger partial charge in [0, 0.05) is 18.6 Å². The second-order valence-electron chi connectivity index (χ2n) is 3.41. The van der Waals surface area contributed by atoms with Crippen molar-refractivity contribution in [3.8, 4) is 5.75 Å². The molecule has 2 rings (SSSR count). The summed E-state index contributed by atoms with van der Waals surface area (Å²) in [7, 11) is 1.53. The molecular weight excluding hydrogens is 208 g/mol. The summed E-state index contributed by atoms with van der Waals surface area (Å²) < 4.78 is 15.4. The summed E-state index contributed by atoms with van der Waals surface area (Å²) in [6.45, 7) is 1.60. The Labute approximate surface area is 92.8 Å². The van der Waals surface area contributed by atoms with Gasteiger partial charge in [-0.1, -0.05) is 0 Å². The molecule has 0 aliphatic heterocycles. The Bertz CT molecular complexity index is 513. The third-order valence-corrected chi connectivity index (χ3v) is 2.27. The van der Waals surface area contributed by atoms with E-state index >= 15 is 0 Å². The number of methoxy groups -OCH3 is 1. The summed E-state index contributed by atoms with van der Waals surface area (Å²) in [5.74, 6) is 0.436. The lowest BCUT2D eigenvalue weighted by molar-refractivity contribution is 0.0503. The first-order valence-corrected chi connectivity index (χ1v) is 4.86. The van der Waals surface area contributed by atoms with Gasteiger partial charge in [0.1, 0.15) is 11.3 Å². The Morgan fingerprint density at radius 3 is 2.94 bits per heavy atom. The predicted molar refractivity (Wildman–Crippen MR) is 58.7 cm³/mol. The molecule has 0 spiro atoms. The maximum atomic E-state index is 11.4. The van der Waals surface area contributed by atoms with Crippen LogP contribution in [0.2, 0.25) is 0 Å². The number of benzene rings is 1. The number of fused-ring (bicyclic) bond motifs is 1. The third-order valence-electron chi connectivity index (χ3n) is 2.27. The summed E-state index contributed by atoms with van der Waals surface area (Å²) in [5.41, 5.74) is 1.22. The van der Waals surface area contributed by atoms with E-state index in [1.807, 2.05) is 6.07 Å². The summed E-state index contributed by atoms with van der Waals surface area (Å²) in [6.07, 6.45) is 1.58. The first-order chi connectivity index (χ1) is 7.72. The predicted octanol–water partition coefficient (Wildman–Crippen LogP) is 2.62. The molecule has 4 heteroatoms. The molecule has 2 aromatic rings. The number of ether oxygens (including phenoxy) is 2. The minimum Gasteiger partial charge on any atom is -0.467 e. The maximum absolute atomic E-state index is 11.4. The summed E-state index contributed by atoms with van der Waals surface area (Å²) in [4.78, 5) is 11.4. The monoisotopic (exact) mass is 220 g/mol. The van der Waals surface area contributed by atoms with Gasteiger partial charge in [-0.25, -0.2) is 0 Å². The maximum Gasteiger partial charge on any atom is 0.188 e. The van der Waals surface area contributed by atoms with E-state index < -0.39 is 0 Å². The number of Topliss-reactive ketones (excluding diaryl/α,β-unsaturated/α-hetero) is 1. The topological polar surface area (TPSA) is 48.7 Å². The molecular formula is C12H12O4. The lowest BCUT2D eigenvalue weighted by Crippen LogP contribution is -2.03. The van der Waals surface area contributed by atoms with Gasteiger partial charge in [0.2, 0.25) is 0 Å². The van der Waals surface area contributed by atoms with Gasteiger partial charge in [-0.05, 0) is 19.1 Å². The number of furan rings is 1. The van der Waals surface area contributed by atoms with Crippen molar-refractivity contribution in [3.63, 3.8) is 0 Å². The average Bonchev–Trinajstić information content (AvgIpc) is 2.71. The van der Waals surface area contributed by atoms with E-state index in [-0.39, 0.29) is 12.6 Å². The first-order valence-electron chi connectivity index (χ1n) is 4.86. The van der Waals surface area contributed by atoms with Crippen molar-refractivity contribution < 1.29 is 18.7 Å². The fourth-order valence-electron chi connectivity index (χ4n) is 1.51. The fraction of sp³-hybridized carbons (Fsp3) is 0.250. The van der Waals surface area contributed by atoms with Gasteiger partial charge in [-0.3, -0.25) is 4.79 Å². The zero-order valence-electron chi connectivity index (χ0n) is 9.15. The van der Waals surface area contributed by atoms with Crippen LogP contribution in [0.25, 0.3) is 11.0 Å². The largest absolute Gasteiger partial charge is 0.467 e. The minimum absolute atomic E-state index is 0.0470. The molecule has 0 radical (unpaired) electrons. The van der Waals surface area contributed by atoms with E-state index in [0.29, 0.717) is 16.9 Å². The summed E-state index contributed by atoms with van der Waals surface area (Å²) in [6, 6.07) is 5.26. The van der Waals surface area contributed by atoms with Gasteiger partial charge in [0.25, 0.3) is 0 Å². The standard InChI is InChI=1S/C12H12O4/c1-8(13)10-5-9-3-4-15-11(9)6-12(10)16-7-14-2/h3-6H,7H2,1-2H3. The number of hydrogen-bond donors (Lipinski definition) is 0. The fourth-order valence-corrected chi connectivity index (χ4v) is 1.51. The third kappa shape index (κ3) is 1.92. The molecule has 16 heavy (non-hydrogen) atoms. The highest BCUT2D eigenvalue weighted by molar-refractivity contribution is 6.00. The zero-order valence-corrected chi connectivity index (χ0v) is 9.15. The van der Waals surface area contributed by atoms with E-state index in [2.05, 4.69) is 0 Å². The number of carbonyl (C=O) groups is 1. The first kappa shape index (κ1) is 10.7. The van der Waals surface area contributed by atoms with Crippen LogP contribution in [0.3, 0.4) is 0 Å². The molecule has 0 atom stereocenters. The smallest absolute Gasteiger partial charge is 0.188 e. The molecule has 0 saturated heterocycles. The minimum atomic E-state index is -0.0470. The lowest BCUT2D eigenvalue weighted by Gasteiger charge is -2.08. The molecule has 0 aliphatic carbocycles. The molecule has 4 nitrogen and oxygen atoms in total. The van der Waals surface area contributed by atoms with Crippen molar-refractivity contribution in [2.45, 2.75) is 6.92 Å². The van der Waals surface area contributed by atoms with Crippen LogP contribution in [-0.2, 0) is 4.74 Å². The van der Waals surface area contributed by atoms with E-state index in [1.54, 1.807) is 18.4 Å². The Kier molecular flexibility index (Phi) is 2.92. The Balaban J connectivity index is 2.49. The van der Waals surface area contributed by atoms with Gasteiger partial charge >= 0.3 is 0 Å². The molecule has 0 bridgehead atoms. The Morgan fingerprint density at radius 2 is 2.25 bits per heavy atom. The van der Waals surface area contributed by atoms with Crippen LogP contribution < -0.4 is 4.74 Å². The number of rotatable bonds is 4. The molecule has 0 amide bonds. The molecule has 0 aliphatic rings. The van der Waals surface area contributed by atoms with Gasteiger partial charge < -0.3 is 13.9 Å². The molecule has 1 aromatic carbocycles. The SMILES string of the molecule is COCOc1cc2occc2cc1C(C)=O. The van der Waals surface area contributed by atoms with E-state index in [4.69, 9.17) is 13.9 Å². The Morgan fingerprint density at radius 1 is 1.44 bits per heavy atom. The molecule has 0 unspecified atom stereocenters. The molecule has 84 valence electrons. The second-order valence-corrected chi connectivity index (χ2v) is 3.41. The summed E-state index contributed by atoms with van der Waals surface area (Å²) in [5, 5.41) is 0.884. The number of carbonyl (C=O) groups excluding carboxylic acids is 1. The van der Waals surface area contributed by atoms with Crippen LogP contribution in [0.1, 0.15) is 17.3 Å². The molecule has 0 fully saturated rings. The lowest BCUT2D eigenvalue weighted by atomic mass is 10.1. The van der Waals surface area contributed by atoms with E-state index in [1.165, 1.54) is 14.0 Å². The molecule has 0 saturated carbocycles. The Hall–Kier alpha value is -1.81. The van der Waals surface area contributed by atoms with Crippen LogP contribution in [0.4, 0.5) is 0 Å². The number of hydrogen-bond acceptors (Lipinski definition) is 4. The zero-order chi connectivity index (χ0) is 11.5. The molecule has 1 aromatic heterocycles. The quantitative estimate of drug-likeness (QED) is 0.587. The van der Waals surface area contributed by atoms with Crippen LogP contribution in [-0.4, -0.2) is 19.7 Å². The van der Waals surface area contributed by atoms with Gasteiger partial charge in [-0.2, -0.15) is 0 Å². The van der Waals surface area contributed by atoms with Crippen molar-refractivity contribution in [2.24, 2.45) is 0 Å². The van der Waals surface area contributed by atoms with Crippen LogP contribution >= 0.6 is 0 Å². The van der Waals surface area contributed by atoms with Crippen molar-refractivity contribution in [1.82, 2.24) is 0 Å². The second kappa shape index (κ2) is 4.37. The highest BCUT2D eigenvalue weighted by Gasteiger charge is 2.11.